The van der Waals surface area contributed by atoms with Crippen LogP contribution in [0, 0.1) is 5.92 Å². The Hall–Kier alpha value is -0.120. The van der Waals surface area contributed by atoms with Crippen molar-refractivity contribution < 1.29 is 9.47 Å². The molecule has 2 fully saturated rings. The van der Waals surface area contributed by atoms with E-state index in [9.17, 15) is 0 Å². The zero-order valence-corrected chi connectivity index (χ0v) is 9.00. The fourth-order valence-electron chi connectivity index (χ4n) is 2.08. The van der Waals surface area contributed by atoms with Gasteiger partial charge >= 0.3 is 0 Å². The minimum Gasteiger partial charge on any atom is -0.350 e. The minimum absolute atomic E-state index is 0.0535. The smallest absolute Gasteiger partial charge is 0.159 e. The van der Waals surface area contributed by atoms with Crippen LogP contribution in [0.3, 0.4) is 0 Å². The van der Waals surface area contributed by atoms with Gasteiger partial charge in [0.1, 0.15) is 0 Å². The molecular weight excluding hydrogens is 178 g/mol. The summed E-state index contributed by atoms with van der Waals surface area (Å²) in [6.45, 7) is 4.75. The Morgan fingerprint density at radius 1 is 1.21 bits per heavy atom. The van der Waals surface area contributed by atoms with E-state index in [1.807, 2.05) is 0 Å². The highest BCUT2D eigenvalue weighted by molar-refractivity contribution is 4.81. The van der Waals surface area contributed by atoms with Crippen LogP contribution in [0.15, 0.2) is 0 Å². The fraction of sp³-hybridized carbons (Fsp3) is 1.00. The van der Waals surface area contributed by atoms with Gasteiger partial charge in [0.15, 0.2) is 6.29 Å². The van der Waals surface area contributed by atoms with Crippen LogP contribution in [0.1, 0.15) is 32.6 Å². The average Bonchev–Trinajstić information content (AvgIpc) is 2.81. The van der Waals surface area contributed by atoms with Crippen LogP contribution >= 0.6 is 0 Å². The SMILES string of the molecule is CCNC(CC1CC1)CC1OCCO1. The number of nitrogens with one attached hydrogen (secondary N) is 1. The average molecular weight is 199 g/mol. The largest absolute Gasteiger partial charge is 0.350 e. The number of hydrogen-bond donors (Lipinski definition) is 1. The van der Waals surface area contributed by atoms with Gasteiger partial charge < -0.3 is 14.8 Å². The molecule has 3 heteroatoms. The van der Waals surface area contributed by atoms with Crippen LogP contribution in [0.2, 0.25) is 0 Å². The normalized spacial score (nSPS) is 25.5. The van der Waals surface area contributed by atoms with Crippen molar-refractivity contribution in [2.24, 2.45) is 5.92 Å². The molecule has 0 bridgehead atoms. The molecule has 82 valence electrons. The zero-order valence-electron chi connectivity index (χ0n) is 9.00. The molecule has 0 aromatic rings. The van der Waals surface area contributed by atoms with E-state index in [0.717, 1.165) is 32.1 Å². The van der Waals surface area contributed by atoms with E-state index >= 15 is 0 Å². The third-order valence-electron chi connectivity index (χ3n) is 2.98. The van der Waals surface area contributed by atoms with E-state index in [4.69, 9.17) is 9.47 Å². The lowest BCUT2D eigenvalue weighted by atomic mass is 10.1. The van der Waals surface area contributed by atoms with Crippen LogP contribution in [-0.4, -0.2) is 32.1 Å². The molecule has 1 N–H and O–H groups in total. The first-order valence-electron chi connectivity index (χ1n) is 5.85. The maximum Gasteiger partial charge on any atom is 0.159 e. The van der Waals surface area contributed by atoms with Crippen molar-refractivity contribution in [2.75, 3.05) is 19.8 Å². The van der Waals surface area contributed by atoms with Gasteiger partial charge in [-0.05, 0) is 18.9 Å². The molecule has 2 rings (SSSR count). The van der Waals surface area contributed by atoms with Gasteiger partial charge in [0, 0.05) is 12.5 Å². The summed E-state index contributed by atoms with van der Waals surface area (Å²) in [5.74, 6) is 0.973. The molecule has 1 unspecified atom stereocenters. The molecule has 1 atom stereocenters. The molecule has 3 nitrogen and oxygen atoms in total. The lowest BCUT2D eigenvalue weighted by Gasteiger charge is -2.20. The standard InChI is InChI=1S/C11H21NO2/c1-2-12-10(7-9-3-4-9)8-11-13-5-6-14-11/h9-12H,2-8H2,1H3. The number of hydrogen-bond acceptors (Lipinski definition) is 3. The Bertz CT molecular complexity index is 165. The van der Waals surface area contributed by atoms with Gasteiger partial charge in [-0.3, -0.25) is 0 Å². The number of ether oxygens (including phenoxy) is 2. The van der Waals surface area contributed by atoms with Gasteiger partial charge in [0.25, 0.3) is 0 Å². The molecule has 1 heterocycles. The third kappa shape index (κ3) is 3.23. The lowest BCUT2D eigenvalue weighted by molar-refractivity contribution is -0.0533. The first-order chi connectivity index (χ1) is 6.88. The van der Waals surface area contributed by atoms with E-state index in [0.29, 0.717) is 6.04 Å². The van der Waals surface area contributed by atoms with E-state index < -0.39 is 0 Å². The molecule has 0 aromatic heterocycles. The summed E-state index contributed by atoms with van der Waals surface area (Å²) in [5, 5.41) is 3.52. The predicted octanol–water partition coefficient (Wildman–Crippen LogP) is 1.53. The van der Waals surface area contributed by atoms with Gasteiger partial charge in [-0.2, -0.15) is 0 Å². The van der Waals surface area contributed by atoms with Crippen molar-refractivity contribution in [1.82, 2.24) is 5.32 Å². The van der Waals surface area contributed by atoms with Crippen LogP contribution in [0.25, 0.3) is 0 Å². The van der Waals surface area contributed by atoms with Crippen molar-refractivity contribution in [3.8, 4) is 0 Å². The number of rotatable bonds is 6. The molecule has 2 aliphatic rings. The van der Waals surface area contributed by atoms with Crippen molar-refractivity contribution in [3.05, 3.63) is 0 Å². The summed E-state index contributed by atoms with van der Waals surface area (Å²) >= 11 is 0. The first-order valence-corrected chi connectivity index (χ1v) is 5.85. The Labute approximate surface area is 86.2 Å². The molecule has 1 saturated heterocycles. The Morgan fingerprint density at radius 3 is 2.50 bits per heavy atom. The predicted molar refractivity (Wildman–Crippen MR) is 55.1 cm³/mol. The monoisotopic (exact) mass is 199 g/mol. The quantitative estimate of drug-likeness (QED) is 0.703. The van der Waals surface area contributed by atoms with Gasteiger partial charge in [-0.25, -0.2) is 0 Å². The highest BCUT2D eigenvalue weighted by Crippen LogP contribution is 2.34. The molecule has 0 aromatic carbocycles. The van der Waals surface area contributed by atoms with E-state index in [2.05, 4.69) is 12.2 Å². The van der Waals surface area contributed by atoms with Crippen molar-refractivity contribution in [2.45, 2.75) is 44.9 Å². The maximum atomic E-state index is 5.47. The van der Waals surface area contributed by atoms with Gasteiger partial charge in [-0.15, -0.1) is 0 Å². The summed E-state index contributed by atoms with van der Waals surface area (Å²) in [5.41, 5.74) is 0. The van der Waals surface area contributed by atoms with Crippen LogP contribution in [-0.2, 0) is 9.47 Å². The highest BCUT2D eigenvalue weighted by Gasteiger charge is 2.28. The first kappa shape index (κ1) is 10.4. The molecular formula is C11H21NO2. The fourth-order valence-corrected chi connectivity index (χ4v) is 2.08. The Kier molecular flexibility index (Phi) is 3.79. The van der Waals surface area contributed by atoms with E-state index in [1.165, 1.54) is 19.3 Å². The zero-order chi connectivity index (χ0) is 9.80. The Morgan fingerprint density at radius 2 is 1.93 bits per heavy atom. The second kappa shape index (κ2) is 5.10. The highest BCUT2D eigenvalue weighted by atomic mass is 16.7. The van der Waals surface area contributed by atoms with Crippen molar-refractivity contribution in [3.63, 3.8) is 0 Å². The molecule has 1 aliphatic heterocycles. The van der Waals surface area contributed by atoms with Gasteiger partial charge in [0.05, 0.1) is 13.2 Å². The van der Waals surface area contributed by atoms with E-state index in [1.54, 1.807) is 0 Å². The van der Waals surface area contributed by atoms with Crippen LogP contribution < -0.4 is 5.32 Å². The molecule has 0 radical (unpaired) electrons. The second-order valence-corrected chi connectivity index (χ2v) is 4.34. The van der Waals surface area contributed by atoms with Crippen LogP contribution in [0.5, 0.6) is 0 Å². The summed E-state index contributed by atoms with van der Waals surface area (Å²) in [7, 11) is 0. The molecule has 0 amide bonds. The summed E-state index contributed by atoms with van der Waals surface area (Å²) in [6.07, 6.45) is 5.22. The molecule has 0 spiro atoms. The summed E-state index contributed by atoms with van der Waals surface area (Å²) < 4.78 is 10.9. The lowest BCUT2D eigenvalue weighted by Crippen LogP contribution is -2.33. The van der Waals surface area contributed by atoms with Crippen LogP contribution in [0.4, 0.5) is 0 Å². The summed E-state index contributed by atoms with van der Waals surface area (Å²) in [4.78, 5) is 0. The van der Waals surface area contributed by atoms with E-state index in [-0.39, 0.29) is 6.29 Å². The Balaban J connectivity index is 1.70. The van der Waals surface area contributed by atoms with Gasteiger partial charge in [0.2, 0.25) is 0 Å². The summed E-state index contributed by atoms with van der Waals surface area (Å²) in [6, 6.07) is 0.593. The molecule has 14 heavy (non-hydrogen) atoms. The van der Waals surface area contributed by atoms with Crippen molar-refractivity contribution >= 4 is 0 Å². The topological polar surface area (TPSA) is 30.5 Å². The third-order valence-corrected chi connectivity index (χ3v) is 2.98. The molecule has 1 saturated carbocycles. The second-order valence-electron chi connectivity index (χ2n) is 4.34. The molecule has 1 aliphatic carbocycles. The van der Waals surface area contributed by atoms with Crippen molar-refractivity contribution in [1.29, 1.82) is 0 Å². The minimum atomic E-state index is 0.0535. The maximum absolute atomic E-state index is 5.47. The van der Waals surface area contributed by atoms with Gasteiger partial charge in [-0.1, -0.05) is 19.8 Å².